The maximum Gasteiger partial charge on any atom is 0.313 e. The maximum absolute atomic E-state index is 13.0. The molecule has 0 spiro atoms. The summed E-state index contributed by atoms with van der Waals surface area (Å²) in [4.78, 5) is 10.4. The number of thioether (sulfide) groups is 1. The van der Waals surface area contributed by atoms with Gasteiger partial charge in [-0.3, -0.25) is 4.79 Å². The second-order valence-electron chi connectivity index (χ2n) is 3.31. The van der Waals surface area contributed by atoms with E-state index in [9.17, 15) is 13.6 Å². The molecule has 2 N–H and O–H groups in total. The quantitative estimate of drug-likeness (QED) is 0.827. The molecule has 1 aromatic heterocycles. The Kier molecular flexibility index (Phi) is 4.27. The van der Waals surface area contributed by atoms with Gasteiger partial charge in [0.05, 0.1) is 5.75 Å². The van der Waals surface area contributed by atoms with Gasteiger partial charge < -0.3 is 10.4 Å². The van der Waals surface area contributed by atoms with Gasteiger partial charge in [0, 0.05) is 11.8 Å². The van der Waals surface area contributed by atoms with Crippen molar-refractivity contribution in [3.05, 3.63) is 29.8 Å². The zero-order valence-corrected chi connectivity index (χ0v) is 10.9. The fourth-order valence-electron chi connectivity index (χ4n) is 1.14. The third kappa shape index (κ3) is 3.86. The lowest BCUT2D eigenvalue weighted by atomic mass is 10.3. The van der Waals surface area contributed by atoms with E-state index in [2.05, 4.69) is 15.5 Å². The molecule has 0 amide bonds. The molecule has 9 heteroatoms. The van der Waals surface area contributed by atoms with Crippen LogP contribution in [0.25, 0.3) is 0 Å². The predicted molar refractivity (Wildman–Crippen MR) is 67.9 cm³/mol. The number of nitrogens with zero attached hydrogens (tertiary/aromatic N) is 2. The number of aromatic nitrogens is 2. The number of carboxylic acids is 1. The van der Waals surface area contributed by atoms with Crippen LogP contribution in [0.1, 0.15) is 0 Å². The summed E-state index contributed by atoms with van der Waals surface area (Å²) in [6.07, 6.45) is 0. The van der Waals surface area contributed by atoms with Crippen molar-refractivity contribution in [1.29, 1.82) is 0 Å². The van der Waals surface area contributed by atoms with Crippen molar-refractivity contribution in [2.24, 2.45) is 0 Å². The molecule has 0 saturated carbocycles. The molecule has 0 saturated heterocycles. The van der Waals surface area contributed by atoms with Gasteiger partial charge >= 0.3 is 5.97 Å². The maximum atomic E-state index is 13.0. The van der Waals surface area contributed by atoms with Gasteiger partial charge in [-0.15, -0.1) is 10.2 Å². The van der Waals surface area contributed by atoms with E-state index in [0.717, 1.165) is 35.2 Å². The average Bonchev–Trinajstić information content (AvgIpc) is 2.79. The SMILES string of the molecule is O=C(O)CSc1nnc(Nc2ccc(F)c(F)c2)s1. The van der Waals surface area contributed by atoms with Gasteiger partial charge in [-0.2, -0.15) is 0 Å². The second-order valence-corrected chi connectivity index (χ2v) is 5.51. The monoisotopic (exact) mass is 303 g/mol. The Bertz CT molecular complexity index is 606. The van der Waals surface area contributed by atoms with E-state index in [1.54, 1.807) is 0 Å². The third-order valence-corrected chi connectivity index (χ3v) is 3.85. The standard InChI is InChI=1S/C10H7F2N3O2S2/c11-6-2-1-5(3-7(6)12)13-9-14-15-10(19-9)18-4-8(16)17/h1-3H,4H2,(H,13,14)(H,16,17). The lowest BCUT2D eigenvalue weighted by Gasteiger charge is -2.01. The number of nitrogens with one attached hydrogen (secondary N) is 1. The molecule has 0 aliphatic carbocycles. The number of anilines is 2. The summed E-state index contributed by atoms with van der Waals surface area (Å²) in [5.41, 5.74) is 0.338. The van der Waals surface area contributed by atoms with E-state index in [1.807, 2.05) is 0 Å². The Labute approximate surface area is 114 Å². The van der Waals surface area contributed by atoms with Crippen molar-refractivity contribution in [3.8, 4) is 0 Å². The van der Waals surface area contributed by atoms with E-state index in [0.29, 0.717) is 15.2 Å². The minimum absolute atomic E-state index is 0.111. The highest BCUT2D eigenvalue weighted by molar-refractivity contribution is 8.01. The van der Waals surface area contributed by atoms with Crippen molar-refractivity contribution < 1.29 is 18.7 Å². The van der Waals surface area contributed by atoms with Crippen molar-refractivity contribution in [3.63, 3.8) is 0 Å². The van der Waals surface area contributed by atoms with Crippen LogP contribution in [-0.2, 0) is 4.79 Å². The predicted octanol–water partition coefficient (Wildman–Crippen LogP) is 2.74. The van der Waals surface area contributed by atoms with E-state index < -0.39 is 17.6 Å². The van der Waals surface area contributed by atoms with Crippen molar-refractivity contribution in [1.82, 2.24) is 10.2 Å². The number of carboxylic acid groups (broad SMARTS) is 1. The summed E-state index contributed by atoms with van der Waals surface area (Å²) < 4.78 is 26.2. The number of rotatable bonds is 5. The molecule has 0 atom stereocenters. The van der Waals surface area contributed by atoms with Crippen LogP contribution in [0, 0.1) is 11.6 Å². The number of hydrogen-bond acceptors (Lipinski definition) is 6. The van der Waals surface area contributed by atoms with Crippen molar-refractivity contribution in [2.75, 3.05) is 11.1 Å². The summed E-state index contributed by atoms with van der Waals surface area (Å²) in [6.45, 7) is 0. The molecule has 19 heavy (non-hydrogen) atoms. The number of hydrogen-bond donors (Lipinski definition) is 2. The average molecular weight is 303 g/mol. The lowest BCUT2D eigenvalue weighted by Crippen LogP contribution is -1.96. The van der Waals surface area contributed by atoms with Crippen LogP contribution >= 0.6 is 23.1 Å². The highest BCUT2D eigenvalue weighted by Crippen LogP contribution is 2.27. The molecule has 0 aliphatic rings. The van der Waals surface area contributed by atoms with Gasteiger partial charge in [0.15, 0.2) is 16.0 Å². The molecule has 5 nitrogen and oxygen atoms in total. The van der Waals surface area contributed by atoms with Crippen molar-refractivity contribution in [2.45, 2.75) is 4.34 Å². The molecule has 100 valence electrons. The zero-order valence-electron chi connectivity index (χ0n) is 9.26. The van der Waals surface area contributed by atoms with Gasteiger partial charge in [0.2, 0.25) is 5.13 Å². The second kappa shape index (κ2) is 5.93. The first-order chi connectivity index (χ1) is 9.04. The molecule has 1 aromatic carbocycles. The summed E-state index contributed by atoms with van der Waals surface area (Å²) >= 11 is 2.17. The van der Waals surface area contributed by atoms with Crippen LogP contribution in [0.15, 0.2) is 22.5 Å². The van der Waals surface area contributed by atoms with E-state index in [1.165, 1.54) is 6.07 Å². The third-order valence-electron chi connectivity index (χ3n) is 1.90. The first kappa shape index (κ1) is 13.7. The smallest absolute Gasteiger partial charge is 0.313 e. The van der Waals surface area contributed by atoms with Gasteiger partial charge in [-0.25, -0.2) is 8.78 Å². The number of halogens is 2. The Balaban J connectivity index is 2.02. The minimum Gasteiger partial charge on any atom is -0.481 e. The first-order valence-corrected chi connectivity index (χ1v) is 6.75. The van der Waals surface area contributed by atoms with Gasteiger partial charge in [0.25, 0.3) is 0 Å². The highest BCUT2D eigenvalue weighted by atomic mass is 32.2. The van der Waals surface area contributed by atoms with Crippen LogP contribution in [-0.4, -0.2) is 27.0 Å². The summed E-state index contributed by atoms with van der Waals surface area (Å²) in [6, 6.07) is 3.36. The largest absolute Gasteiger partial charge is 0.481 e. The lowest BCUT2D eigenvalue weighted by molar-refractivity contribution is -0.133. The Morgan fingerprint density at radius 3 is 2.84 bits per heavy atom. The Hall–Kier alpha value is -1.74. The fourth-order valence-corrected chi connectivity index (χ4v) is 2.63. The van der Waals surface area contributed by atoms with Crippen LogP contribution < -0.4 is 5.32 Å². The van der Waals surface area contributed by atoms with Crippen LogP contribution in [0.3, 0.4) is 0 Å². The molecule has 0 radical (unpaired) electrons. The molecule has 0 unspecified atom stereocenters. The number of carbonyl (C=O) groups is 1. The molecule has 2 aromatic rings. The summed E-state index contributed by atoms with van der Waals surface area (Å²) in [5.74, 6) is -2.95. The molecule has 0 aliphatic heterocycles. The summed E-state index contributed by atoms with van der Waals surface area (Å²) in [7, 11) is 0. The van der Waals surface area contributed by atoms with Gasteiger partial charge in [-0.05, 0) is 12.1 Å². The molecule has 1 heterocycles. The van der Waals surface area contributed by atoms with Gasteiger partial charge in [0.1, 0.15) is 0 Å². The number of aliphatic carboxylic acids is 1. The fraction of sp³-hybridized carbons (Fsp3) is 0.100. The van der Waals surface area contributed by atoms with E-state index in [4.69, 9.17) is 5.11 Å². The first-order valence-electron chi connectivity index (χ1n) is 4.95. The van der Waals surface area contributed by atoms with E-state index in [-0.39, 0.29) is 5.75 Å². The number of benzene rings is 1. The molecule has 0 fully saturated rings. The zero-order chi connectivity index (χ0) is 13.8. The topological polar surface area (TPSA) is 75.1 Å². The van der Waals surface area contributed by atoms with Gasteiger partial charge in [-0.1, -0.05) is 23.1 Å². The highest BCUT2D eigenvalue weighted by Gasteiger charge is 2.08. The molecular formula is C10H7F2N3O2S2. The molecule has 0 bridgehead atoms. The Morgan fingerprint density at radius 1 is 1.37 bits per heavy atom. The van der Waals surface area contributed by atoms with Crippen molar-refractivity contribution >= 4 is 39.9 Å². The van der Waals surface area contributed by atoms with Crippen LogP contribution in [0.2, 0.25) is 0 Å². The summed E-state index contributed by atoms with van der Waals surface area (Å²) in [5, 5.41) is 19.2. The van der Waals surface area contributed by atoms with Crippen LogP contribution in [0.5, 0.6) is 0 Å². The minimum atomic E-state index is -0.963. The van der Waals surface area contributed by atoms with E-state index >= 15 is 0 Å². The van der Waals surface area contributed by atoms with Crippen LogP contribution in [0.4, 0.5) is 19.6 Å². The molecular weight excluding hydrogens is 296 g/mol. The molecule has 2 rings (SSSR count). The Morgan fingerprint density at radius 2 is 2.16 bits per heavy atom. The normalized spacial score (nSPS) is 10.4.